The minimum absolute atomic E-state index is 0.0318. The molecule has 0 saturated heterocycles. The van der Waals surface area contributed by atoms with Crippen LogP contribution in [0.5, 0.6) is 0 Å². The fourth-order valence-corrected chi connectivity index (χ4v) is 2.01. The van der Waals surface area contributed by atoms with Gasteiger partial charge in [-0.05, 0) is 36.8 Å². The van der Waals surface area contributed by atoms with Gasteiger partial charge in [-0.25, -0.2) is 0 Å². The van der Waals surface area contributed by atoms with E-state index in [2.05, 4.69) is 0 Å². The smallest absolute Gasteiger partial charge is 0.160 e. The number of benzene rings is 2. The first-order chi connectivity index (χ1) is 8.00. The molecule has 0 radical (unpaired) electrons. The van der Waals surface area contributed by atoms with E-state index in [0.29, 0.717) is 16.8 Å². The molecule has 0 aliphatic rings. The van der Waals surface area contributed by atoms with E-state index >= 15 is 0 Å². The molecule has 3 nitrogen and oxygen atoms in total. The SMILES string of the molecule is CC(=O)c1cc(N)cc2c(C(C)=O)cccc12. The van der Waals surface area contributed by atoms with E-state index in [4.69, 9.17) is 5.73 Å². The highest BCUT2D eigenvalue weighted by Gasteiger charge is 2.11. The average Bonchev–Trinajstić information content (AvgIpc) is 2.26. The van der Waals surface area contributed by atoms with E-state index in [9.17, 15) is 9.59 Å². The molecule has 2 rings (SSSR count). The molecule has 0 aliphatic carbocycles. The number of carbonyl (C=O) groups excluding carboxylic acids is 2. The van der Waals surface area contributed by atoms with Gasteiger partial charge >= 0.3 is 0 Å². The maximum Gasteiger partial charge on any atom is 0.160 e. The van der Waals surface area contributed by atoms with Gasteiger partial charge in [0.2, 0.25) is 0 Å². The largest absolute Gasteiger partial charge is 0.399 e. The molecule has 0 spiro atoms. The van der Waals surface area contributed by atoms with Crippen molar-refractivity contribution >= 4 is 28.0 Å². The van der Waals surface area contributed by atoms with Crippen LogP contribution in [0.3, 0.4) is 0 Å². The Bertz CT molecular complexity index is 629. The van der Waals surface area contributed by atoms with Crippen LogP contribution in [-0.2, 0) is 0 Å². The van der Waals surface area contributed by atoms with Crippen LogP contribution in [0, 0.1) is 0 Å². The highest BCUT2D eigenvalue weighted by Crippen LogP contribution is 2.26. The van der Waals surface area contributed by atoms with E-state index in [1.165, 1.54) is 13.8 Å². The Kier molecular flexibility index (Phi) is 2.68. The molecule has 0 bridgehead atoms. The standard InChI is InChI=1S/C14H13NO2/c1-8(16)11-4-3-5-12-13(9(2)17)6-10(15)7-14(11)12/h3-7H,15H2,1-2H3. The number of rotatable bonds is 2. The second-order valence-electron chi connectivity index (χ2n) is 4.08. The summed E-state index contributed by atoms with van der Waals surface area (Å²) < 4.78 is 0. The highest BCUT2D eigenvalue weighted by atomic mass is 16.1. The molecule has 2 aromatic rings. The number of hydrogen-bond donors (Lipinski definition) is 1. The van der Waals surface area contributed by atoms with E-state index in [1.54, 1.807) is 24.3 Å². The fourth-order valence-electron chi connectivity index (χ4n) is 2.01. The maximum absolute atomic E-state index is 11.6. The number of nitrogens with two attached hydrogens (primary N) is 1. The van der Waals surface area contributed by atoms with Gasteiger partial charge in [-0.1, -0.05) is 18.2 Å². The van der Waals surface area contributed by atoms with Crippen molar-refractivity contribution < 1.29 is 9.59 Å². The van der Waals surface area contributed by atoms with Crippen molar-refractivity contribution in [3.05, 3.63) is 41.5 Å². The van der Waals surface area contributed by atoms with Crippen molar-refractivity contribution in [2.75, 3.05) is 5.73 Å². The summed E-state index contributed by atoms with van der Waals surface area (Å²) in [5, 5.41) is 1.52. The maximum atomic E-state index is 11.6. The first kappa shape index (κ1) is 11.3. The first-order valence-corrected chi connectivity index (χ1v) is 5.35. The number of fused-ring (bicyclic) bond motifs is 1. The van der Waals surface area contributed by atoms with Gasteiger partial charge in [0.15, 0.2) is 11.6 Å². The summed E-state index contributed by atoms with van der Waals surface area (Å²) >= 11 is 0. The van der Waals surface area contributed by atoms with Crippen molar-refractivity contribution in [2.45, 2.75) is 13.8 Å². The first-order valence-electron chi connectivity index (χ1n) is 5.35. The van der Waals surface area contributed by atoms with Crippen molar-refractivity contribution in [2.24, 2.45) is 0 Å². The molecule has 0 fully saturated rings. The second kappa shape index (κ2) is 4.01. The van der Waals surface area contributed by atoms with Gasteiger partial charge in [0.1, 0.15) is 0 Å². The number of hydrogen-bond acceptors (Lipinski definition) is 3. The number of ketones is 2. The Morgan fingerprint density at radius 2 is 1.59 bits per heavy atom. The lowest BCUT2D eigenvalue weighted by atomic mass is 9.96. The Hall–Kier alpha value is -2.16. The predicted octanol–water partition coefficient (Wildman–Crippen LogP) is 2.83. The number of anilines is 1. The molecule has 0 aliphatic heterocycles. The van der Waals surface area contributed by atoms with Gasteiger partial charge in [0, 0.05) is 16.8 Å². The van der Waals surface area contributed by atoms with Crippen LogP contribution in [0.2, 0.25) is 0 Å². The van der Waals surface area contributed by atoms with Gasteiger partial charge in [-0.3, -0.25) is 9.59 Å². The van der Waals surface area contributed by atoms with E-state index < -0.39 is 0 Å². The molecule has 3 heteroatoms. The summed E-state index contributed by atoms with van der Waals surface area (Å²) in [7, 11) is 0. The van der Waals surface area contributed by atoms with Crippen molar-refractivity contribution in [1.82, 2.24) is 0 Å². The van der Waals surface area contributed by atoms with Gasteiger partial charge in [0.25, 0.3) is 0 Å². The lowest BCUT2D eigenvalue weighted by Crippen LogP contribution is -2.00. The fraction of sp³-hybridized carbons (Fsp3) is 0.143. The van der Waals surface area contributed by atoms with Crippen LogP contribution in [0.15, 0.2) is 30.3 Å². The summed E-state index contributed by atoms with van der Waals surface area (Å²) in [6.45, 7) is 3.00. The van der Waals surface area contributed by atoms with Gasteiger partial charge in [-0.15, -0.1) is 0 Å². The van der Waals surface area contributed by atoms with Gasteiger partial charge in [-0.2, -0.15) is 0 Å². The topological polar surface area (TPSA) is 60.2 Å². The zero-order valence-electron chi connectivity index (χ0n) is 9.78. The summed E-state index contributed by atoms with van der Waals surface area (Å²) in [4.78, 5) is 23.1. The van der Waals surface area contributed by atoms with Crippen molar-refractivity contribution in [3.63, 3.8) is 0 Å². The molecule has 0 saturated carbocycles. The Morgan fingerprint density at radius 3 is 2.18 bits per heavy atom. The monoisotopic (exact) mass is 227 g/mol. The molecule has 0 heterocycles. The van der Waals surface area contributed by atoms with Crippen LogP contribution in [0.1, 0.15) is 34.6 Å². The predicted molar refractivity (Wildman–Crippen MR) is 68.4 cm³/mol. The summed E-state index contributed by atoms with van der Waals surface area (Å²) in [5.41, 5.74) is 7.42. The molecular weight excluding hydrogens is 214 g/mol. The van der Waals surface area contributed by atoms with E-state index in [0.717, 1.165) is 10.8 Å². The molecule has 17 heavy (non-hydrogen) atoms. The Morgan fingerprint density at radius 1 is 0.941 bits per heavy atom. The average molecular weight is 227 g/mol. The molecule has 0 aromatic heterocycles. The minimum Gasteiger partial charge on any atom is -0.399 e. The van der Waals surface area contributed by atoms with Gasteiger partial charge in [0.05, 0.1) is 0 Å². The second-order valence-corrected chi connectivity index (χ2v) is 4.08. The van der Waals surface area contributed by atoms with Crippen LogP contribution in [0.4, 0.5) is 5.69 Å². The normalized spacial score (nSPS) is 10.5. The third-order valence-electron chi connectivity index (χ3n) is 2.78. The van der Waals surface area contributed by atoms with E-state index in [-0.39, 0.29) is 11.6 Å². The number of carbonyl (C=O) groups is 2. The van der Waals surface area contributed by atoms with Crippen molar-refractivity contribution in [3.8, 4) is 0 Å². The Labute approximate surface area is 99.2 Å². The minimum atomic E-state index is -0.0528. The zero-order valence-corrected chi connectivity index (χ0v) is 9.78. The number of Topliss-reactive ketones (excluding diaryl/α,β-unsaturated/α-hetero) is 2. The summed E-state index contributed by atoms with van der Waals surface area (Å²) in [6.07, 6.45) is 0. The van der Waals surface area contributed by atoms with E-state index in [1.807, 2.05) is 6.07 Å². The lowest BCUT2D eigenvalue weighted by Gasteiger charge is -2.08. The van der Waals surface area contributed by atoms with Crippen LogP contribution < -0.4 is 5.73 Å². The summed E-state index contributed by atoms with van der Waals surface area (Å²) in [5.74, 6) is -0.0845. The third-order valence-corrected chi connectivity index (χ3v) is 2.78. The van der Waals surface area contributed by atoms with Crippen molar-refractivity contribution in [1.29, 1.82) is 0 Å². The zero-order chi connectivity index (χ0) is 12.6. The molecule has 0 atom stereocenters. The van der Waals surface area contributed by atoms with Crippen LogP contribution in [-0.4, -0.2) is 11.6 Å². The third kappa shape index (κ3) is 1.91. The Balaban J connectivity index is 2.92. The molecule has 0 amide bonds. The quantitative estimate of drug-likeness (QED) is 0.634. The summed E-state index contributed by atoms with van der Waals surface area (Å²) in [6, 6.07) is 8.74. The lowest BCUT2D eigenvalue weighted by molar-refractivity contribution is 0.100. The molecule has 86 valence electrons. The molecule has 0 unspecified atom stereocenters. The van der Waals surface area contributed by atoms with Crippen LogP contribution >= 0.6 is 0 Å². The molecule has 2 aromatic carbocycles. The molecular formula is C14H13NO2. The molecule has 2 N–H and O–H groups in total. The van der Waals surface area contributed by atoms with Crippen LogP contribution in [0.25, 0.3) is 10.8 Å². The van der Waals surface area contributed by atoms with Gasteiger partial charge < -0.3 is 5.73 Å². The number of nitrogen functional groups attached to an aromatic ring is 1. The highest BCUT2D eigenvalue weighted by molar-refractivity contribution is 6.14.